The average molecular weight is 1210 g/mol. The molecule has 0 spiro atoms. The van der Waals surface area contributed by atoms with Gasteiger partial charge in [0.2, 0.25) is 0 Å². The van der Waals surface area contributed by atoms with Gasteiger partial charge in [-0.15, -0.1) is 0 Å². The second kappa shape index (κ2) is 22.5. The lowest BCUT2D eigenvalue weighted by molar-refractivity contribution is -0.118. The number of nitrogens with one attached hydrogen (secondary N) is 2. The number of fused-ring (bicyclic) bond motifs is 8. The summed E-state index contributed by atoms with van der Waals surface area (Å²) in [4.78, 5) is 89.1. The SMILES string of the molecule is COc1cc(C(=O)N2C[C@H]3C[C@H](CC(C)=O)[C@@H]2[C@@H]3NC(=O)OC(C)(C)C)cc2nc(-c3cc4cccnc4n3CC3CC3)n(C)c12.COc1cc(C(=O)N2C[C@H]3C[C@H](N)[C@@H]2[C@@H]3NC(=O)OC(C)(C)C)cc2nc(-c3cc4cccnc4n3CC3CC3)n(C)c12. The minimum atomic E-state index is -0.647. The molecule has 8 aromatic rings. The summed E-state index contributed by atoms with van der Waals surface area (Å²) in [7, 11) is 7.16. The Morgan fingerprint density at radius 2 is 1.06 bits per heavy atom. The highest BCUT2D eigenvalue weighted by Crippen LogP contribution is 2.46. The lowest BCUT2D eigenvalue weighted by Crippen LogP contribution is -2.53. The number of likely N-dealkylation sites (tertiary alicyclic amines) is 2. The number of Topliss-reactive ketones (excluding diaryl/α,β-unsaturated/α-hetero) is 1. The highest BCUT2D eigenvalue weighted by Gasteiger charge is 2.56. The maximum absolute atomic E-state index is 14.3. The third-order valence-electron chi connectivity index (χ3n) is 18.7. The molecule has 0 unspecified atom stereocenters. The number of nitrogens with zero attached hydrogens (tertiary/aromatic N) is 10. The molecule has 8 atom stereocenters. The Morgan fingerprint density at radius 1 is 0.618 bits per heavy atom. The van der Waals surface area contributed by atoms with Crippen LogP contribution >= 0.6 is 0 Å². The number of aryl methyl sites for hydroxylation is 2. The van der Waals surface area contributed by atoms with E-state index in [9.17, 15) is 24.0 Å². The first-order valence-corrected chi connectivity index (χ1v) is 31.3. The predicted molar refractivity (Wildman–Crippen MR) is 336 cm³/mol. The van der Waals surface area contributed by atoms with Gasteiger partial charge in [-0.25, -0.2) is 29.5 Å². The molecule has 4 saturated carbocycles. The van der Waals surface area contributed by atoms with Crippen LogP contribution in [-0.4, -0.2) is 147 Å². The molecule has 89 heavy (non-hydrogen) atoms. The minimum Gasteiger partial charge on any atom is -0.494 e. The van der Waals surface area contributed by atoms with Gasteiger partial charge in [0.25, 0.3) is 11.8 Å². The van der Waals surface area contributed by atoms with Crippen molar-refractivity contribution in [1.82, 2.24) is 58.6 Å². The maximum Gasteiger partial charge on any atom is 0.407 e. The third-order valence-corrected chi connectivity index (χ3v) is 18.7. The molecule has 14 rings (SSSR count). The van der Waals surface area contributed by atoms with Gasteiger partial charge in [-0.3, -0.25) is 9.59 Å². The molecular weight excluding hydrogens is 1130 g/mol. The van der Waals surface area contributed by atoms with Gasteiger partial charge in [0.1, 0.15) is 50.8 Å². The predicted octanol–water partition coefficient (Wildman–Crippen LogP) is 9.42. The molecule has 4 amide bonds. The van der Waals surface area contributed by atoms with Crippen LogP contribution in [0.1, 0.15) is 114 Å². The quantitative estimate of drug-likeness (QED) is 0.0918. The van der Waals surface area contributed by atoms with E-state index in [1.165, 1.54) is 25.7 Å². The number of hydrogen-bond acceptors (Lipinski definition) is 14. The van der Waals surface area contributed by atoms with Crippen LogP contribution in [0, 0.1) is 29.6 Å². The summed E-state index contributed by atoms with van der Waals surface area (Å²) in [5, 5.41) is 8.17. The van der Waals surface area contributed by atoms with Crippen LogP contribution in [0.5, 0.6) is 11.5 Å². The van der Waals surface area contributed by atoms with E-state index in [4.69, 9.17) is 34.6 Å². The van der Waals surface area contributed by atoms with Gasteiger partial charge in [0.05, 0.1) is 60.8 Å². The van der Waals surface area contributed by atoms with Crippen molar-refractivity contribution >= 4 is 73.9 Å². The number of hydrogen-bond donors (Lipinski definition) is 3. The summed E-state index contributed by atoms with van der Waals surface area (Å²) < 4.78 is 31.3. The lowest BCUT2D eigenvalue weighted by Gasteiger charge is -2.33. The van der Waals surface area contributed by atoms with Crippen molar-refractivity contribution in [3.63, 3.8) is 0 Å². The van der Waals surface area contributed by atoms with Crippen LogP contribution in [0.15, 0.2) is 73.1 Å². The molecule has 22 nitrogen and oxygen atoms in total. The number of ether oxygens (including phenoxy) is 4. The number of methoxy groups -OCH3 is 2. The Labute approximate surface area is 516 Å². The van der Waals surface area contributed by atoms with Crippen molar-refractivity contribution in [2.75, 3.05) is 27.3 Å². The van der Waals surface area contributed by atoms with Crippen molar-refractivity contribution in [3.05, 3.63) is 84.2 Å². The maximum atomic E-state index is 14.3. The Hall–Kier alpha value is -8.53. The van der Waals surface area contributed by atoms with Crippen molar-refractivity contribution in [2.24, 2.45) is 49.4 Å². The highest BCUT2D eigenvalue weighted by molar-refractivity contribution is 6.02. The first kappa shape index (κ1) is 59.4. The van der Waals surface area contributed by atoms with Crippen molar-refractivity contribution in [2.45, 2.75) is 148 Å². The van der Waals surface area contributed by atoms with Gasteiger partial charge in [-0.1, -0.05) is 0 Å². The highest BCUT2D eigenvalue weighted by atomic mass is 16.6. The number of carbonyl (C=O) groups excluding carboxylic acids is 5. The van der Waals surface area contributed by atoms with E-state index in [-0.39, 0.29) is 65.6 Å². The Bertz CT molecular complexity index is 4140. The topological polar surface area (TPSA) is 250 Å². The Balaban J connectivity index is 0.000000164. The zero-order valence-corrected chi connectivity index (χ0v) is 52.7. The molecule has 2 saturated heterocycles. The van der Waals surface area contributed by atoms with Gasteiger partial charge in [-0.05, 0) is 171 Å². The van der Waals surface area contributed by atoms with Crippen LogP contribution in [-0.2, 0) is 41.5 Å². The molecule has 4 N–H and O–H groups in total. The van der Waals surface area contributed by atoms with Crippen LogP contribution in [0.4, 0.5) is 9.59 Å². The monoisotopic (exact) mass is 1210 g/mol. The van der Waals surface area contributed by atoms with Crippen LogP contribution in [0.2, 0.25) is 0 Å². The number of benzene rings is 2. The van der Waals surface area contributed by atoms with Gasteiger partial charge in [0, 0.05) is 92.9 Å². The van der Waals surface area contributed by atoms with Crippen molar-refractivity contribution in [3.8, 4) is 34.5 Å². The molecule has 22 heteroatoms. The standard InChI is InChI=1S/C35H42N6O5.C32H39N7O4/c1-19(42)12-22-13-24-18-41(29(22)28(24)38-34(44)46-35(2,3)4)33(43)23-14-25-30(27(16-23)45-6)39(5)32(37-25)26-15-21-8-7-11-36-31(21)40(26)17-20-9-10-20;1-32(2,3)43-31(41)36-25-20-11-21(33)26(25)39(16-20)30(40)19-12-22-27(24(14-19)42-5)37(4)29(35-22)23-13-18-7-6-10-34-28(18)38(23)15-17-8-9-17/h7-8,11,14-16,20,22,24,28-29H,9-10,12-13,17-18H2,1-6H3,(H,38,44);6-7,10,12-14,17,20-21,25-26H,8-9,11,15-16,33H2,1-5H3,(H,36,41)/t22-,24+,28+,29+;20-,21+,25-,26-/m01/s1. The third kappa shape index (κ3) is 11.3. The van der Waals surface area contributed by atoms with E-state index in [1.807, 2.05) is 106 Å². The number of aromatic nitrogens is 8. The smallest absolute Gasteiger partial charge is 0.407 e. The zero-order chi connectivity index (χ0) is 62.7. The fourth-order valence-electron chi connectivity index (χ4n) is 14.7. The second-order valence-electron chi connectivity index (χ2n) is 27.6. The van der Waals surface area contributed by atoms with Crippen LogP contribution in [0.25, 0.3) is 67.2 Å². The molecule has 2 aliphatic heterocycles. The number of amides is 4. The minimum absolute atomic E-state index is 0.0277. The molecule has 4 aliphatic carbocycles. The van der Waals surface area contributed by atoms with E-state index in [0.717, 1.165) is 82.1 Å². The van der Waals surface area contributed by atoms with Crippen molar-refractivity contribution in [1.29, 1.82) is 0 Å². The Morgan fingerprint density at radius 3 is 1.48 bits per heavy atom. The molecule has 4 bridgehead atoms. The van der Waals surface area contributed by atoms with Crippen LogP contribution < -0.4 is 25.8 Å². The molecular formula is C67H81N13O9. The van der Waals surface area contributed by atoms with Crippen molar-refractivity contribution < 1.29 is 42.9 Å². The molecule has 6 aromatic heterocycles. The summed E-state index contributed by atoms with van der Waals surface area (Å²) in [5.41, 5.74) is 13.0. The fraction of sp³-hybridized carbons (Fsp3) is 0.507. The zero-order valence-electron chi connectivity index (χ0n) is 52.7. The fourth-order valence-corrected chi connectivity index (χ4v) is 14.7. The first-order valence-electron chi connectivity index (χ1n) is 31.3. The second-order valence-corrected chi connectivity index (χ2v) is 27.6. The van der Waals surface area contributed by atoms with Gasteiger partial charge >= 0.3 is 12.2 Å². The average Bonchev–Trinajstić information content (AvgIpc) is 1.63. The summed E-state index contributed by atoms with van der Waals surface area (Å²) in [6.45, 7) is 15.3. The van der Waals surface area contributed by atoms with E-state index >= 15 is 0 Å². The molecule has 0 radical (unpaired) electrons. The Kier molecular flexibility index (Phi) is 15.0. The molecule has 2 aromatic carbocycles. The summed E-state index contributed by atoms with van der Waals surface area (Å²) in [5.74, 6) is 3.77. The van der Waals surface area contributed by atoms with E-state index < -0.39 is 23.4 Å². The number of rotatable bonds is 14. The summed E-state index contributed by atoms with van der Waals surface area (Å²) in [6.07, 6.45) is 9.40. The van der Waals surface area contributed by atoms with Gasteiger partial charge in [0.15, 0.2) is 11.6 Å². The number of carbonyl (C=O) groups is 5. The van der Waals surface area contributed by atoms with E-state index in [0.29, 0.717) is 65.0 Å². The lowest BCUT2D eigenvalue weighted by atomic mass is 9.92. The number of imidazole rings is 2. The largest absolute Gasteiger partial charge is 0.494 e. The van der Waals surface area contributed by atoms with E-state index in [1.54, 1.807) is 38.2 Å². The number of alkyl carbamates (subject to hydrolysis) is 2. The normalized spacial score (nSPS) is 22.9. The number of pyridine rings is 2. The molecule has 6 aliphatic rings. The number of nitrogens with two attached hydrogens (primary N) is 1. The van der Waals surface area contributed by atoms with Gasteiger partial charge < -0.3 is 68.2 Å². The summed E-state index contributed by atoms with van der Waals surface area (Å²) >= 11 is 0. The number of ketones is 1. The van der Waals surface area contributed by atoms with E-state index in [2.05, 4.69) is 54.0 Å². The van der Waals surface area contributed by atoms with Gasteiger partial charge in [-0.2, -0.15) is 0 Å². The summed E-state index contributed by atoms with van der Waals surface area (Å²) in [6, 6.07) is 18.1. The molecule has 468 valence electrons. The first-order chi connectivity index (χ1) is 42.4. The van der Waals surface area contributed by atoms with Crippen LogP contribution in [0.3, 0.4) is 0 Å². The number of piperidine rings is 2. The molecule has 6 fully saturated rings. The molecule has 8 heterocycles.